The number of hydrogen-bond acceptors (Lipinski definition) is 3. The monoisotopic (exact) mass is 256 g/mol. The van der Waals surface area contributed by atoms with Gasteiger partial charge in [0.05, 0.1) is 13.0 Å². The van der Waals surface area contributed by atoms with Crippen LogP contribution in [0.5, 0.6) is 5.75 Å². The van der Waals surface area contributed by atoms with Gasteiger partial charge >= 0.3 is 0 Å². The van der Waals surface area contributed by atoms with Crippen molar-refractivity contribution in [3.8, 4) is 5.75 Å². The average molecular weight is 256 g/mol. The fraction of sp³-hybridized carbons (Fsp3) is 0.273. The van der Waals surface area contributed by atoms with E-state index in [4.69, 9.17) is 10.5 Å². The molecule has 0 atom stereocenters. The van der Waals surface area contributed by atoms with Crippen LogP contribution < -0.4 is 15.8 Å². The van der Waals surface area contributed by atoms with Crippen molar-refractivity contribution >= 4 is 23.1 Å². The van der Waals surface area contributed by atoms with Gasteiger partial charge in [0, 0.05) is 18.7 Å². The van der Waals surface area contributed by atoms with Gasteiger partial charge in [-0.1, -0.05) is 12.2 Å². The number of halogens is 1. The molecule has 0 aromatic heterocycles. The number of ether oxygens (including phenoxy) is 1. The molecule has 4 nitrogen and oxygen atoms in total. The molecule has 6 heteroatoms. The Morgan fingerprint density at radius 1 is 1.59 bits per heavy atom. The molecule has 92 valence electrons. The molecule has 0 aliphatic carbocycles. The summed E-state index contributed by atoms with van der Waals surface area (Å²) in [5.74, 6) is -0.327. The molecule has 0 fully saturated rings. The zero-order chi connectivity index (χ0) is 12.8. The van der Waals surface area contributed by atoms with Crippen LogP contribution in [0.3, 0.4) is 0 Å². The summed E-state index contributed by atoms with van der Waals surface area (Å²) in [5, 5.41) is 2.46. The molecule has 1 aromatic rings. The second-order valence-electron chi connectivity index (χ2n) is 3.28. The summed E-state index contributed by atoms with van der Waals surface area (Å²) in [6.45, 7) is 0.186. The van der Waals surface area contributed by atoms with Crippen molar-refractivity contribution in [3.05, 3.63) is 29.6 Å². The van der Waals surface area contributed by atoms with Gasteiger partial charge in [-0.3, -0.25) is 4.79 Å². The Kier molecular flexibility index (Phi) is 4.84. The van der Waals surface area contributed by atoms with Gasteiger partial charge in [-0.05, 0) is 12.1 Å². The first-order chi connectivity index (χ1) is 8.04. The fourth-order valence-electron chi connectivity index (χ4n) is 1.17. The summed E-state index contributed by atoms with van der Waals surface area (Å²) in [4.78, 5) is 10.9. The summed E-state index contributed by atoms with van der Waals surface area (Å²) in [6, 6.07) is 4.20. The molecule has 0 spiro atoms. The molecular formula is C11H13FN2O2S. The number of nitrogens with two attached hydrogens (primary N) is 1. The van der Waals surface area contributed by atoms with Crippen LogP contribution in [0.4, 0.5) is 4.39 Å². The lowest BCUT2D eigenvalue weighted by molar-refractivity contribution is -0.121. The van der Waals surface area contributed by atoms with E-state index in [1.54, 1.807) is 13.1 Å². The van der Waals surface area contributed by atoms with Crippen molar-refractivity contribution in [1.82, 2.24) is 5.32 Å². The van der Waals surface area contributed by atoms with Crippen LogP contribution in [0, 0.1) is 5.82 Å². The molecule has 0 saturated carbocycles. The normalized spacial score (nSPS) is 9.76. The summed E-state index contributed by atoms with van der Waals surface area (Å²) < 4.78 is 18.6. The van der Waals surface area contributed by atoms with E-state index in [2.05, 4.69) is 17.5 Å². The highest BCUT2D eigenvalue weighted by molar-refractivity contribution is 7.80. The highest BCUT2D eigenvalue weighted by Gasteiger charge is 2.07. The lowest BCUT2D eigenvalue weighted by atomic mass is 10.2. The van der Waals surface area contributed by atoms with E-state index in [0.717, 1.165) is 0 Å². The topological polar surface area (TPSA) is 64.3 Å². The number of thiocarbonyl (C=S) groups is 1. The first kappa shape index (κ1) is 13.4. The largest absolute Gasteiger partial charge is 0.493 e. The predicted molar refractivity (Wildman–Crippen MR) is 66.5 cm³/mol. The Balaban J connectivity index is 2.59. The summed E-state index contributed by atoms with van der Waals surface area (Å²) in [5.41, 5.74) is 5.50. The van der Waals surface area contributed by atoms with Crippen LogP contribution in [0.25, 0.3) is 0 Å². The van der Waals surface area contributed by atoms with Gasteiger partial charge in [-0.25, -0.2) is 4.39 Å². The molecule has 0 unspecified atom stereocenters. The third-order valence-electron chi connectivity index (χ3n) is 2.08. The van der Waals surface area contributed by atoms with Crippen molar-refractivity contribution in [2.75, 3.05) is 13.7 Å². The van der Waals surface area contributed by atoms with Crippen molar-refractivity contribution in [3.63, 3.8) is 0 Å². The van der Waals surface area contributed by atoms with Gasteiger partial charge in [0.25, 0.3) is 0 Å². The van der Waals surface area contributed by atoms with Crippen molar-refractivity contribution in [1.29, 1.82) is 0 Å². The van der Waals surface area contributed by atoms with Crippen LogP contribution in [0.1, 0.15) is 12.0 Å². The van der Waals surface area contributed by atoms with E-state index in [9.17, 15) is 9.18 Å². The van der Waals surface area contributed by atoms with Crippen LogP contribution in [0.2, 0.25) is 0 Å². The van der Waals surface area contributed by atoms with E-state index in [1.165, 1.54) is 12.1 Å². The lowest BCUT2D eigenvalue weighted by Gasteiger charge is -2.07. The van der Waals surface area contributed by atoms with Crippen LogP contribution in [0.15, 0.2) is 18.2 Å². The second-order valence-corrected chi connectivity index (χ2v) is 3.72. The van der Waals surface area contributed by atoms with Gasteiger partial charge in [0.1, 0.15) is 16.6 Å². The van der Waals surface area contributed by atoms with Crippen molar-refractivity contribution in [2.45, 2.75) is 6.42 Å². The molecule has 0 bridgehead atoms. The molecule has 1 amide bonds. The quantitative estimate of drug-likeness (QED) is 0.771. The highest BCUT2D eigenvalue weighted by atomic mass is 32.1. The van der Waals surface area contributed by atoms with E-state index in [0.29, 0.717) is 5.75 Å². The van der Waals surface area contributed by atoms with Crippen molar-refractivity contribution < 1.29 is 13.9 Å². The zero-order valence-electron chi connectivity index (χ0n) is 9.33. The number of nitrogens with one attached hydrogen (secondary N) is 1. The Hall–Kier alpha value is -1.69. The van der Waals surface area contributed by atoms with Gasteiger partial charge < -0.3 is 15.8 Å². The molecule has 0 radical (unpaired) electrons. The lowest BCUT2D eigenvalue weighted by Crippen LogP contribution is -2.20. The number of rotatable bonds is 5. The Labute approximate surface area is 104 Å². The Morgan fingerprint density at radius 2 is 2.29 bits per heavy atom. The molecule has 0 aliphatic heterocycles. The zero-order valence-corrected chi connectivity index (χ0v) is 10.1. The average Bonchev–Trinajstić information content (AvgIpc) is 2.28. The van der Waals surface area contributed by atoms with Crippen LogP contribution in [-0.4, -0.2) is 24.6 Å². The fourth-order valence-corrected chi connectivity index (χ4v) is 1.34. The summed E-state index contributed by atoms with van der Waals surface area (Å²) >= 11 is 4.67. The Bertz CT molecular complexity index is 437. The minimum absolute atomic E-state index is 0.000546. The van der Waals surface area contributed by atoms with Gasteiger partial charge in [-0.2, -0.15) is 0 Å². The van der Waals surface area contributed by atoms with E-state index < -0.39 is 5.82 Å². The van der Waals surface area contributed by atoms with Crippen LogP contribution in [-0.2, 0) is 4.79 Å². The number of carbonyl (C=O) groups excluding carboxylic acids is 1. The SMILES string of the molecule is CNC(=O)CCOc1ccc(C(N)=S)c(F)c1. The van der Waals surface area contributed by atoms with Gasteiger partial charge in [0.15, 0.2) is 0 Å². The molecule has 3 N–H and O–H groups in total. The first-order valence-electron chi connectivity index (χ1n) is 4.97. The molecular weight excluding hydrogens is 243 g/mol. The second kappa shape index (κ2) is 6.15. The minimum atomic E-state index is -0.532. The van der Waals surface area contributed by atoms with Gasteiger partial charge in [-0.15, -0.1) is 0 Å². The maximum absolute atomic E-state index is 13.4. The Morgan fingerprint density at radius 3 is 2.82 bits per heavy atom. The number of hydrogen-bond donors (Lipinski definition) is 2. The molecule has 0 saturated heterocycles. The van der Waals surface area contributed by atoms with Crippen molar-refractivity contribution in [2.24, 2.45) is 5.73 Å². The third kappa shape index (κ3) is 3.99. The smallest absolute Gasteiger partial charge is 0.223 e. The predicted octanol–water partition coefficient (Wildman–Crippen LogP) is 0.975. The highest BCUT2D eigenvalue weighted by Crippen LogP contribution is 2.16. The minimum Gasteiger partial charge on any atom is -0.493 e. The van der Waals surface area contributed by atoms with Crippen LogP contribution >= 0.6 is 12.2 Å². The summed E-state index contributed by atoms with van der Waals surface area (Å²) in [6.07, 6.45) is 0.217. The molecule has 1 rings (SSSR count). The van der Waals surface area contributed by atoms with E-state index in [1.807, 2.05) is 0 Å². The van der Waals surface area contributed by atoms with E-state index >= 15 is 0 Å². The third-order valence-corrected chi connectivity index (χ3v) is 2.30. The number of benzene rings is 1. The first-order valence-corrected chi connectivity index (χ1v) is 5.38. The summed E-state index contributed by atoms with van der Waals surface area (Å²) in [7, 11) is 1.54. The van der Waals surface area contributed by atoms with E-state index in [-0.39, 0.29) is 29.5 Å². The number of amides is 1. The standard InChI is InChI=1S/C11H13FN2O2S/c1-14-10(15)4-5-16-7-2-3-8(11(13)17)9(12)6-7/h2-3,6H,4-5H2,1H3,(H2,13,17)(H,14,15). The molecule has 17 heavy (non-hydrogen) atoms. The number of carbonyl (C=O) groups is 1. The molecule has 0 aliphatic rings. The molecule has 0 heterocycles. The maximum Gasteiger partial charge on any atom is 0.223 e. The molecule has 1 aromatic carbocycles. The van der Waals surface area contributed by atoms with Gasteiger partial charge in [0.2, 0.25) is 5.91 Å². The maximum atomic E-state index is 13.4.